The zero-order valence-electron chi connectivity index (χ0n) is 16.1. The van der Waals surface area contributed by atoms with Crippen molar-refractivity contribution in [3.8, 4) is 5.75 Å². The van der Waals surface area contributed by atoms with Crippen LogP contribution in [0.15, 0.2) is 100 Å². The van der Waals surface area contributed by atoms with E-state index in [1.165, 1.54) is 6.26 Å². The summed E-state index contributed by atoms with van der Waals surface area (Å²) in [5.74, 6) is 0.738. The standard InChI is InChI=1S/C26H18O4/c27-26(25-15-19-10-4-5-11-23(19)30-25)22-17-29-24-13-12-20(16-21(22)24)28-14-6-9-18-7-2-1-3-8-18/h1-13,15-17H,14H2. The van der Waals surface area contributed by atoms with Crippen molar-refractivity contribution < 1.29 is 18.4 Å². The molecule has 0 bridgehead atoms. The van der Waals surface area contributed by atoms with Gasteiger partial charge < -0.3 is 13.6 Å². The van der Waals surface area contributed by atoms with Gasteiger partial charge in [-0.2, -0.15) is 0 Å². The minimum Gasteiger partial charge on any atom is -0.490 e. The highest BCUT2D eigenvalue weighted by molar-refractivity contribution is 6.15. The van der Waals surface area contributed by atoms with Gasteiger partial charge in [0.15, 0.2) is 5.76 Å². The van der Waals surface area contributed by atoms with E-state index in [0.717, 1.165) is 10.9 Å². The molecule has 0 saturated heterocycles. The Hall–Kier alpha value is -4.05. The number of rotatable bonds is 6. The summed E-state index contributed by atoms with van der Waals surface area (Å²) in [6.45, 7) is 0.422. The van der Waals surface area contributed by atoms with Crippen LogP contribution in [-0.4, -0.2) is 12.4 Å². The van der Waals surface area contributed by atoms with Gasteiger partial charge in [-0.1, -0.05) is 54.6 Å². The van der Waals surface area contributed by atoms with Crippen molar-refractivity contribution in [2.75, 3.05) is 6.61 Å². The van der Waals surface area contributed by atoms with E-state index in [9.17, 15) is 4.79 Å². The van der Waals surface area contributed by atoms with E-state index >= 15 is 0 Å². The van der Waals surface area contributed by atoms with E-state index < -0.39 is 0 Å². The van der Waals surface area contributed by atoms with Crippen LogP contribution in [0.25, 0.3) is 28.0 Å². The van der Waals surface area contributed by atoms with Gasteiger partial charge in [-0.05, 0) is 42.0 Å². The number of benzene rings is 3. The first-order valence-corrected chi connectivity index (χ1v) is 9.67. The first-order chi connectivity index (χ1) is 14.8. The molecular formula is C26H18O4. The Morgan fingerprint density at radius 2 is 1.73 bits per heavy atom. The zero-order chi connectivity index (χ0) is 20.3. The minimum atomic E-state index is -0.217. The number of hydrogen-bond acceptors (Lipinski definition) is 4. The number of carbonyl (C=O) groups is 1. The first kappa shape index (κ1) is 18.0. The molecule has 0 radical (unpaired) electrons. The molecule has 2 heterocycles. The number of carbonyl (C=O) groups excluding carboxylic acids is 1. The third kappa shape index (κ3) is 3.51. The van der Waals surface area contributed by atoms with Crippen LogP contribution in [0.3, 0.4) is 0 Å². The summed E-state index contributed by atoms with van der Waals surface area (Å²) in [5, 5.41) is 1.59. The Morgan fingerprint density at radius 1 is 0.900 bits per heavy atom. The van der Waals surface area contributed by atoms with E-state index in [-0.39, 0.29) is 11.5 Å². The van der Waals surface area contributed by atoms with Gasteiger partial charge in [-0.25, -0.2) is 0 Å². The van der Waals surface area contributed by atoms with Crippen molar-refractivity contribution in [3.05, 3.63) is 108 Å². The number of fused-ring (bicyclic) bond motifs is 2. The average Bonchev–Trinajstić information content (AvgIpc) is 3.41. The van der Waals surface area contributed by atoms with Gasteiger partial charge >= 0.3 is 0 Å². The van der Waals surface area contributed by atoms with Crippen LogP contribution in [0.1, 0.15) is 21.7 Å². The fourth-order valence-electron chi connectivity index (χ4n) is 3.39. The summed E-state index contributed by atoms with van der Waals surface area (Å²) in [6.07, 6.45) is 5.43. The lowest BCUT2D eigenvalue weighted by Gasteiger charge is -2.03. The van der Waals surface area contributed by atoms with Crippen molar-refractivity contribution in [2.24, 2.45) is 0 Å². The zero-order valence-corrected chi connectivity index (χ0v) is 16.1. The normalized spacial score (nSPS) is 11.5. The average molecular weight is 394 g/mol. The van der Waals surface area contributed by atoms with Crippen molar-refractivity contribution in [1.29, 1.82) is 0 Å². The number of ether oxygens (including phenoxy) is 1. The Bertz CT molecular complexity index is 1320. The van der Waals surface area contributed by atoms with E-state index in [2.05, 4.69) is 0 Å². The highest BCUT2D eigenvalue weighted by Crippen LogP contribution is 2.29. The molecule has 3 aromatic carbocycles. The summed E-state index contributed by atoms with van der Waals surface area (Å²) >= 11 is 0. The van der Waals surface area contributed by atoms with Crippen LogP contribution in [0.2, 0.25) is 0 Å². The quantitative estimate of drug-likeness (QED) is 0.308. The predicted octanol–water partition coefficient (Wildman–Crippen LogP) is 6.50. The molecule has 0 saturated carbocycles. The molecule has 0 spiro atoms. The summed E-state index contributed by atoms with van der Waals surface area (Å²) in [7, 11) is 0. The van der Waals surface area contributed by atoms with Gasteiger partial charge in [0.2, 0.25) is 5.78 Å². The molecule has 30 heavy (non-hydrogen) atoms. The molecule has 0 aliphatic rings. The third-order valence-corrected chi connectivity index (χ3v) is 4.89. The fraction of sp³-hybridized carbons (Fsp3) is 0.0385. The van der Waals surface area contributed by atoms with Crippen LogP contribution in [0.5, 0.6) is 5.75 Å². The molecule has 4 nitrogen and oxygen atoms in total. The lowest BCUT2D eigenvalue weighted by molar-refractivity contribution is 0.101. The van der Waals surface area contributed by atoms with E-state index in [0.29, 0.717) is 34.5 Å². The molecule has 146 valence electrons. The maximum absolute atomic E-state index is 13.0. The molecule has 4 heteroatoms. The summed E-state index contributed by atoms with van der Waals surface area (Å²) in [6, 6.07) is 24.8. The Balaban J connectivity index is 1.37. The van der Waals surface area contributed by atoms with Gasteiger partial charge in [0.25, 0.3) is 0 Å². The molecule has 2 aromatic heterocycles. The van der Waals surface area contributed by atoms with Crippen molar-refractivity contribution in [3.63, 3.8) is 0 Å². The molecule has 0 amide bonds. The van der Waals surface area contributed by atoms with Crippen LogP contribution < -0.4 is 4.74 Å². The van der Waals surface area contributed by atoms with Gasteiger partial charge in [0, 0.05) is 10.8 Å². The largest absolute Gasteiger partial charge is 0.490 e. The van der Waals surface area contributed by atoms with E-state index in [1.807, 2.05) is 78.9 Å². The molecule has 5 aromatic rings. The second-order valence-corrected chi connectivity index (χ2v) is 6.91. The first-order valence-electron chi connectivity index (χ1n) is 9.67. The molecule has 0 fully saturated rings. The topological polar surface area (TPSA) is 52.6 Å². The molecule has 0 atom stereocenters. The highest BCUT2D eigenvalue weighted by Gasteiger charge is 2.20. The molecule has 5 rings (SSSR count). The lowest BCUT2D eigenvalue weighted by atomic mass is 10.1. The summed E-state index contributed by atoms with van der Waals surface area (Å²) in [5.41, 5.74) is 2.88. The molecule has 0 unspecified atom stereocenters. The van der Waals surface area contributed by atoms with E-state index in [1.54, 1.807) is 12.1 Å². The maximum atomic E-state index is 13.0. The molecular weight excluding hydrogens is 376 g/mol. The Labute approximate surface area is 173 Å². The lowest BCUT2D eigenvalue weighted by Crippen LogP contribution is -1.98. The smallest absolute Gasteiger partial charge is 0.232 e. The van der Waals surface area contributed by atoms with Crippen molar-refractivity contribution in [1.82, 2.24) is 0 Å². The highest BCUT2D eigenvalue weighted by atomic mass is 16.5. The van der Waals surface area contributed by atoms with E-state index in [4.69, 9.17) is 13.6 Å². The molecule has 0 aliphatic carbocycles. The van der Waals surface area contributed by atoms with Gasteiger partial charge in [-0.15, -0.1) is 0 Å². The van der Waals surface area contributed by atoms with Crippen LogP contribution in [0, 0.1) is 0 Å². The van der Waals surface area contributed by atoms with Crippen molar-refractivity contribution >= 4 is 33.8 Å². The predicted molar refractivity (Wildman–Crippen MR) is 117 cm³/mol. The number of ketones is 1. The SMILES string of the molecule is O=C(c1cc2ccccc2o1)c1coc2ccc(OCC=Cc3ccccc3)cc12. The fourth-order valence-corrected chi connectivity index (χ4v) is 3.39. The van der Waals surface area contributed by atoms with Gasteiger partial charge in [0.1, 0.15) is 29.8 Å². The second kappa shape index (κ2) is 7.76. The van der Waals surface area contributed by atoms with Crippen molar-refractivity contribution in [2.45, 2.75) is 0 Å². The van der Waals surface area contributed by atoms with Gasteiger partial charge in [-0.3, -0.25) is 4.79 Å². The Kier molecular flexibility index (Phi) is 4.66. The summed E-state index contributed by atoms with van der Waals surface area (Å²) in [4.78, 5) is 13.0. The van der Waals surface area contributed by atoms with Crippen LogP contribution in [0.4, 0.5) is 0 Å². The molecule has 0 N–H and O–H groups in total. The summed E-state index contributed by atoms with van der Waals surface area (Å²) < 4.78 is 17.1. The number of hydrogen-bond donors (Lipinski definition) is 0. The minimum absolute atomic E-state index is 0.217. The maximum Gasteiger partial charge on any atom is 0.232 e. The van der Waals surface area contributed by atoms with Crippen LogP contribution >= 0.6 is 0 Å². The monoisotopic (exact) mass is 394 g/mol. The third-order valence-electron chi connectivity index (χ3n) is 4.89. The Morgan fingerprint density at radius 3 is 2.60 bits per heavy atom. The molecule has 0 aliphatic heterocycles. The second-order valence-electron chi connectivity index (χ2n) is 6.91. The van der Waals surface area contributed by atoms with Crippen LogP contribution in [-0.2, 0) is 0 Å². The van der Waals surface area contributed by atoms with Gasteiger partial charge in [0.05, 0.1) is 5.56 Å². The number of para-hydroxylation sites is 1. The number of furan rings is 2.